The van der Waals surface area contributed by atoms with Crippen molar-refractivity contribution in [1.82, 2.24) is 30.1 Å². The van der Waals surface area contributed by atoms with Crippen LogP contribution in [0.5, 0.6) is 0 Å². The van der Waals surface area contributed by atoms with Gasteiger partial charge in [0.1, 0.15) is 0 Å². The molecule has 0 fully saturated rings. The van der Waals surface area contributed by atoms with Crippen molar-refractivity contribution in [2.45, 2.75) is 13.8 Å². The number of amides is 1. The molecule has 8 heteroatoms. The fraction of sp³-hybridized carbons (Fsp3) is 0.300. The number of aromatic nitrogens is 5. The molecule has 0 saturated carbocycles. The number of pyridine rings is 1. The lowest BCUT2D eigenvalue weighted by atomic mass is 10.3. The largest absolute Gasteiger partial charge is 0.377 e. The van der Waals surface area contributed by atoms with Crippen LogP contribution in [0.3, 0.4) is 0 Å². The second-order valence-electron chi connectivity index (χ2n) is 3.53. The highest BCUT2D eigenvalue weighted by molar-refractivity contribution is 5.75. The fourth-order valence-electron chi connectivity index (χ4n) is 1.45. The van der Waals surface area contributed by atoms with Gasteiger partial charge in [-0.05, 0) is 36.4 Å². The van der Waals surface area contributed by atoms with E-state index in [0.29, 0.717) is 22.6 Å². The molecule has 0 aliphatic heterocycles. The molecule has 8 nitrogen and oxygen atoms in total. The Morgan fingerprint density at radius 3 is 2.89 bits per heavy atom. The van der Waals surface area contributed by atoms with E-state index in [1.54, 1.807) is 32.2 Å². The van der Waals surface area contributed by atoms with Gasteiger partial charge in [-0.1, -0.05) is 0 Å². The summed E-state index contributed by atoms with van der Waals surface area (Å²) in [7, 11) is 0. The number of carbonyl (C=O) groups excluding carboxylic acids is 1. The quantitative estimate of drug-likeness (QED) is 0.737. The maximum atomic E-state index is 12.0. The Bertz CT molecular complexity index is 629. The molecule has 0 saturated heterocycles. The maximum absolute atomic E-state index is 12.0. The molecule has 18 heavy (non-hydrogen) atoms. The molecule has 0 spiro atoms. The number of aryl methyl sites for hydroxylation is 1. The van der Waals surface area contributed by atoms with Gasteiger partial charge in [-0.2, -0.15) is 4.68 Å². The van der Waals surface area contributed by atoms with Crippen LogP contribution < -0.4 is 11.0 Å². The zero-order valence-electron chi connectivity index (χ0n) is 9.99. The van der Waals surface area contributed by atoms with Gasteiger partial charge < -0.3 is 5.32 Å². The monoisotopic (exact) mass is 248 g/mol. The number of carbonyl (C=O) groups is 1. The molecule has 2 aromatic heterocycles. The van der Waals surface area contributed by atoms with Crippen LogP contribution in [0.25, 0.3) is 5.69 Å². The first kappa shape index (κ1) is 12.0. The van der Waals surface area contributed by atoms with Gasteiger partial charge in [0.15, 0.2) is 0 Å². The highest BCUT2D eigenvalue weighted by Gasteiger charge is 2.15. The van der Waals surface area contributed by atoms with Gasteiger partial charge in [0.25, 0.3) is 0 Å². The van der Waals surface area contributed by atoms with E-state index in [2.05, 4.69) is 20.7 Å². The summed E-state index contributed by atoms with van der Waals surface area (Å²) >= 11 is 0. The first-order chi connectivity index (χ1) is 8.65. The SMILES string of the molecule is CCNC(=O)n1nnn(-c2cccnc2C)c1=O. The van der Waals surface area contributed by atoms with E-state index >= 15 is 0 Å². The van der Waals surface area contributed by atoms with E-state index in [1.807, 2.05) is 0 Å². The van der Waals surface area contributed by atoms with Crippen molar-refractivity contribution in [2.24, 2.45) is 0 Å². The molecule has 0 radical (unpaired) electrons. The third kappa shape index (κ3) is 1.99. The first-order valence-electron chi connectivity index (χ1n) is 5.40. The van der Waals surface area contributed by atoms with Gasteiger partial charge in [0, 0.05) is 12.7 Å². The number of hydrogen-bond acceptors (Lipinski definition) is 5. The Hall–Kier alpha value is -2.51. The van der Waals surface area contributed by atoms with Crippen LogP contribution in [-0.2, 0) is 0 Å². The lowest BCUT2D eigenvalue weighted by Gasteiger charge is -2.01. The van der Waals surface area contributed by atoms with Gasteiger partial charge in [0.05, 0.1) is 11.4 Å². The van der Waals surface area contributed by atoms with Gasteiger partial charge in [-0.15, -0.1) is 4.68 Å². The zero-order valence-corrected chi connectivity index (χ0v) is 9.99. The van der Waals surface area contributed by atoms with Gasteiger partial charge in [-0.25, -0.2) is 9.59 Å². The van der Waals surface area contributed by atoms with Gasteiger partial charge in [-0.3, -0.25) is 4.98 Å². The molecular weight excluding hydrogens is 236 g/mol. The lowest BCUT2D eigenvalue weighted by molar-refractivity contribution is 0.239. The van der Waals surface area contributed by atoms with E-state index in [1.165, 1.54) is 0 Å². The summed E-state index contributed by atoms with van der Waals surface area (Å²) in [6, 6.07) is 2.76. The minimum Gasteiger partial charge on any atom is -0.336 e. The summed E-state index contributed by atoms with van der Waals surface area (Å²) in [5.74, 6) is 0. The molecule has 0 aromatic carbocycles. The molecular formula is C10H12N6O2. The average Bonchev–Trinajstić information content (AvgIpc) is 2.72. The van der Waals surface area contributed by atoms with Crippen LogP contribution in [0, 0.1) is 6.92 Å². The lowest BCUT2D eigenvalue weighted by Crippen LogP contribution is -2.37. The summed E-state index contributed by atoms with van der Waals surface area (Å²) in [5.41, 5.74) is 0.498. The average molecular weight is 248 g/mol. The summed E-state index contributed by atoms with van der Waals surface area (Å²) in [5, 5.41) is 9.67. The summed E-state index contributed by atoms with van der Waals surface area (Å²) < 4.78 is 1.72. The molecule has 0 bridgehead atoms. The predicted octanol–water partition coefficient (Wildman–Crippen LogP) is -0.290. The van der Waals surface area contributed by atoms with Crippen molar-refractivity contribution >= 4 is 6.03 Å². The maximum Gasteiger partial charge on any atom is 0.377 e. The fourth-order valence-corrected chi connectivity index (χ4v) is 1.45. The molecule has 2 heterocycles. The molecule has 0 atom stereocenters. The van der Waals surface area contributed by atoms with Gasteiger partial charge >= 0.3 is 11.7 Å². The van der Waals surface area contributed by atoms with Crippen LogP contribution in [0.15, 0.2) is 23.1 Å². The van der Waals surface area contributed by atoms with Crippen molar-refractivity contribution in [3.05, 3.63) is 34.5 Å². The molecule has 1 amide bonds. The Balaban J connectivity index is 2.47. The van der Waals surface area contributed by atoms with E-state index in [-0.39, 0.29) is 0 Å². The zero-order chi connectivity index (χ0) is 13.1. The number of rotatable bonds is 2. The van der Waals surface area contributed by atoms with Gasteiger partial charge in [0.2, 0.25) is 0 Å². The minimum absolute atomic E-state index is 0.407. The third-order valence-electron chi connectivity index (χ3n) is 2.31. The number of tetrazole rings is 1. The van der Waals surface area contributed by atoms with Crippen LogP contribution in [0.2, 0.25) is 0 Å². The predicted molar refractivity (Wildman–Crippen MR) is 62.6 cm³/mol. The number of nitrogens with zero attached hydrogens (tertiary/aromatic N) is 5. The standard InChI is InChI=1S/C10H12N6O2/c1-3-11-9(17)16-10(18)15(13-14-16)8-5-4-6-12-7(8)2/h4-6H,3H2,1-2H3,(H,11,17). The number of nitrogens with one attached hydrogen (secondary N) is 1. The van der Waals surface area contributed by atoms with Crippen molar-refractivity contribution in [1.29, 1.82) is 0 Å². The topological polar surface area (TPSA) is 94.7 Å². The molecule has 0 aliphatic rings. The second kappa shape index (κ2) is 4.78. The summed E-state index contributed by atoms with van der Waals surface area (Å²) in [6.45, 7) is 3.90. The normalized spacial score (nSPS) is 10.3. The van der Waals surface area contributed by atoms with Crippen molar-refractivity contribution < 1.29 is 4.79 Å². The van der Waals surface area contributed by atoms with Crippen molar-refractivity contribution in [3.63, 3.8) is 0 Å². The van der Waals surface area contributed by atoms with Crippen LogP contribution in [-0.4, -0.2) is 37.4 Å². The molecule has 94 valence electrons. The molecule has 2 aromatic rings. The summed E-state index contributed by atoms with van der Waals surface area (Å²) in [4.78, 5) is 27.5. The van der Waals surface area contributed by atoms with Crippen LogP contribution >= 0.6 is 0 Å². The van der Waals surface area contributed by atoms with E-state index in [0.717, 1.165) is 4.68 Å². The Labute approximate surface area is 102 Å². The highest BCUT2D eigenvalue weighted by Crippen LogP contribution is 2.05. The van der Waals surface area contributed by atoms with E-state index in [4.69, 9.17) is 0 Å². The highest BCUT2D eigenvalue weighted by atomic mass is 16.2. The molecule has 2 rings (SSSR count). The Kier molecular flexibility index (Phi) is 3.18. The van der Waals surface area contributed by atoms with Crippen molar-refractivity contribution in [3.8, 4) is 5.69 Å². The molecule has 1 N–H and O–H groups in total. The van der Waals surface area contributed by atoms with Crippen LogP contribution in [0.1, 0.15) is 12.6 Å². The Morgan fingerprint density at radius 1 is 1.44 bits per heavy atom. The molecule has 0 unspecified atom stereocenters. The molecule has 0 aliphatic carbocycles. The minimum atomic E-state index is -0.628. The number of hydrogen-bond donors (Lipinski definition) is 1. The summed E-state index contributed by atoms with van der Waals surface area (Å²) in [6.07, 6.45) is 1.61. The van der Waals surface area contributed by atoms with Crippen LogP contribution in [0.4, 0.5) is 4.79 Å². The Morgan fingerprint density at radius 2 is 2.22 bits per heavy atom. The third-order valence-corrected chi connectivity index (χ3v) is 2.31. The smallest absolute Gasteiger partial charge is 0.336 e. The second-order valence-corrected chi connectivity index (χ2v) is 3.53. The first-order valence-corrected chi connectivity index (χ1v) is 5.40. The van der Waals surface area contributed by atoms with E-state index < -0.39 is 11.7 Å². The van der Waals surface area contributed by atoms with Crippen molar-refractivity contribution in [2.75, 3.05) is 6.54 Å². The van der Waals surface area contributed by atoms with E-state index in [9.17, 15) is 9.59 Å².